The molecule has 1 aromatic carbocycles. The third kappa shape index (κ3) is 3.69. The van der Waals surface area contributed by atoms with E-state index in [2.05, 4.69) is 52.5 Å². The van der Waals surface area contributed by atoms with Gasteiger partial charge < -0.3 is 9.47 Å². The maximum Gasteiger partial charge on any atom is 0.144 e. The topological polar surface area (TPSA) is 34.0 Å². The third-order valence-corrected chi connectivity index (χ3v) is 5.90. The minimum atomic E-state index is -0.479. The molecule has 28 heavy (non-hydrogen) atoms. The van der Waals surface area contributed by atoms with E-state index in [9.17, 15) is 4.39 Å². The van der Waals surface area contributed by atoms with Crippen molar-refractivity contribution in [3.8, 4) is 0 Å². The molecule has 1 aliphatic heterocycles. The minimum Gasteiger partial charge on any atom is -0.345 e. The molecule has 0 amide bonds. The molecule has 0 unspecified atom stereocenters. The number of piperidine rings is 1. The Labute approximate surface area is 169 Å². The Balaban J connectivity index is 1.60. The van der Waals surface area contributed by atoms with Crippen molar-refractivity contribution in [1.82, 2.24) is 19.4 Å². The second-order valence-electron chi connectivity index (χ2n) is 7.61. The molecular weight excluding hydrogens is 375 g/mol. The number of hydrogen-bond acceptors (Lipinski definition) is 3. The minimum absolute atomic E-state index is 0.0598. The number of nitrogens with zero attached hydrogens (tertiary/aromatic N) is 4. The maximum absolute atomic E-state index is 13.6. The van der Waals surface area contributed by atoms with Gasteiger partial charge in [0.2, 0.25) is 0 Å². The molecule has 3 heterocycles. The number of benzene rings is 1. The van der Waals surface area contributed by atoms with E-state index in [1.54, 1.807) is 6.20 Å². The lowest BCUT2D eigenvalue weighted by atomic mass is 10.0. The van der Waals surface area contributed by atoms with Gasteiger partial charge in [-0.1, -0.05) is 17.7 Å². The number of aryl methyl sites for hydroxylation is 1. The van der Waals surface area contributed by atoms with Crippen LogP contribution in [0.2, 0.25) is 5.02 Å². The molecule has 4 rings (SSSR count). The van der Waals surface area contributed by atoms with Crippen molar-refractivity contribution >= 4 is 34.8 Å². The quantitative estimate of drug-likeness (QED) is 0.602. The number of fused-ring (bicyclic) bond motifs is 1. The van der Waals surface area contributed by atoms with E-state index in [0.29, 0.717) is 17.1 Å². The van der Waals surface area contributed by atoms with Crippen LogP contribution in [0.1, 0.15) is 41.5 Å². The maximum atomic E-state index is 13.6. The second-order valence-corrected chi connectivity index (χ2v) is 8.02. The first-order valence-electron chi connectivity index (χ1n) is 9.59. The van der Waals surface area contributed by atoms with Crippen LogP contribution in [0.4, 0.5) is 4.39 Å². The molecule has 146 valence electrons. The van der Waals surface area contributed by atoms with Gasteiger partial charge in [0.1, 0.15) is 5.82 Å². The molecule has 1 saturated heterocycles. The van der Waals surface area contributed by atoms with Crippen molar-refractivity contribution in [2.75, 3.05) is 20.1 Å². The largest absolute Gasteiger partial charge is 0.345 e. The van der Waals surface area contributed by atoms with E-state index in [-0.39, 0.29) is 5.02 Å². The molecule has 0 atom stereocenters. The van der Waals surface area contributed by atoms with E-state index < -0.39 is 5.82 Å². The van der Waals surface area contributed by atoms with E-state index >= 15 is 0 Å². The highest BCUT2D eigenvalue weighted by atomic mass is 35.5. The average Bonchev–Trinajstić information content (AvgIpc) is 2.95. The summed E-state index contributed by atoms with van der Waals surface area (Å²) in [5, 5.41) is 0.0598. The van der Waals surface area contributed by atoms with Gasteiger partial charge in [-0.15, -0.1) is 0 Å². The molecule has 0 saturated carbocycles. The first-order chi connectivity index (χ1) is 13.4. The van der Waals surface area contributed by atoms with Gasteiger partial charge in [0, 0.05) is 23.5 Å². The lowest BCUT2D eigenvalue weighted by Gasteiger charge is -2.31. The normalized spacial score (nSPS) is 16.5. The van der Waals surface area contributed by atoms with Crippen LogP contribution >= 0.6 is 11.6 Å². The number of likely N-dealkylation sites (tertiary alicyclic amines) is 1. The highest BCUT2D eigenvalue weighted by Crippen LogP contribution is 2.29. The zero-order valence-electron chi connectivity index (χ0n) is 16.4. The fourth-order valence-electron chi connectivity index (χ4n) is 4.06. The zero-order valence-corrected chi connectivity index (χ0v) is 17.2. The summed E-state index contributed by atoms with van der Waals surface area (Å²) in [6.07, 6.45) is 8.05. The van der Waals surface area contributed by atoms with E-state index in [0.717, 1.165) is 18.8 Å². The summed E-state index contributed by atoms with van der Waals surface area (Å²) >= 11 is 5.87. The van der Waals surface area contributed by atoms with Gasteiger partial charge in [-0.3, -0.25) is 4.98 Å². The van der Waals surface area contributed by atoms with Crippen molar-refractivity contribution in [2.24, 2.45) is 0 Å². The van der Waals surface area contributed by atoms with Crippen molar-refractivity contribution in [3.05, 3.63) is 57.9 Å². The number of rotatable bonds is 3. The standard InChI is InChI=1S/C22H24ClFN4/c1-14-10-16(15(2)28(14)18-6-8-27(3)9-7-18)4-5-17-13-25-21-12-20(24)19(23)11-22(21)26-17/h4-5,10-13,18H,6-9H2,1-3H3. The highest BCUT2D eigenvalue weighted by molar-refractivity contribution is 6.31. The molecule has 2 aromatic heterocycles. The first kappa shape index (κ1) is 19.1. The number of hydrogen-bond donors (Lipinski definition) is 0. The van der Waals surface area contributed by atoms with Crippen LogP contribution in [0.5, 0.6) is 0 Å². The zero-order chi connectivity index (χ0) is 19.8. The van der Waals surface area contributed by atoms with Crippen LogP contribution < -0.4 is 0 Å². The average molecular weight is 399 g/mol. The molecule has 0 bridgehead atoms. The fraction of sp³-hybridized carbons (Fsp3) is 0.364. The Morgan fingerprint density at radius 1 is 1.11 bits per heavy atom. The summed E-state index contributed by atoms with van der Waals surface area (Å²) in [5.41, 5.74) is 5.57. The number of aromatic nitrogens is 3. The molecule has 4 nitrogen and oxygen atoms in total. The molecule has 0 N–H and O–H groups in total. The monoisotopic (exact) mass is 398 g/mol. The van der Waals surface area contributed by atoms with Gasteiger partial charge in [0.15, 0.2) is 0 Å². The van der Waals surface area contributed by atoms with Gasteiger partial charge >= 0.3 is 0 Å². The molecule has 0 spiro atoms. The lowest BCUT2D eigenvalue weighted by molar-refractivity contribution is 0.218. The summed E-state index contributed by atoms with van der Waals surface area (Å²) < 4.78 is 16.0. The molecule has 0 aliphatic carbocycles. The summed E-state index contributed by atoms with van der Waals surface area (Å²) in [6, 6.07) is 5.62. The summed E-state index contributed by atoms with van der Waals surface area (Å²) in [6.45, 7) is 6.64. The fourth-order valence-corrected chi connectivity index (χ4v) is 4.22. The third-order valence-electron chi connectivity index (χ3n) is 5.61. The summed E-state index contributed by atoms with van der Waals surface area (Å²) in [5.74, 6) is -0.479. The smallest absolute Gasteiger partial charge is 0.144 e. The van der Waals surface area contributed by atoms with Crippen molar-refractivity contribution in [2.45, 2.75) is 32.7 Å². The van der Waals surface area contributed by atoms with E-state index in [1.165, 1.54) is 41.9 Å². The van der Waals surface area contributed by atoms with Crippen LogP contribution in [-0.2, 0) is 0 Å². The van der Waals surface area contributed by atoms with Crippen LogP contribution in [0.25, 0.3) is 23.2 Å². The number of halogens is 2. The van der Waals surface area contributed by atoms with Crippen molar-refractivity contribution in [3.63, 3.8) is 0 Å². The van der Waals surface area contributed by atoms with Crippen molar-refractivity contribution in [1.29, 1.82) is 0 Å². The van der Waals surface area contributed by atoms with Gasteiger partial charge in [-0.05, 0) is 70.6 Å². The molecule has 0 radical (unpaired) electrons. The SMILES string of the molecule is Cc1cc(C=Cc2cnc3cc(F)c(Cl)cc3n2)c(C)n1C1CCN(C)CC1. The Morgan fingerprint density at radius 3 is 2.61 bits per heavy atom. The highest BCUT2D eigenvalue weighted by Gasteiger charge is 2.21. The molecule has 6 heteroatoms. The summed E-state index contributed by atoms with van der Waals surface area (Å²) in [4.78, 5) is 11.2. The summed E-state index contributed by atoms with van der Waals surface area (Å²) in [7, 11) is 2.19. The Bertz CT molecular complexity index is 1050. The molecule has 3 aromatic rings. The first-order valence-corrected chi connectivity index (χ1v) is 9.97. The predicted octanol–water partition coefficient (Wildman–Crippen LogP) is 5.28. The lowest BCUT2D eigenvalue weighted by Crippen LogP contribution is -2.32. The van der Waals surface area contributed by atoms with E-state index in [1.807, 2.05) is 6.08 Å². The Hall–Kier alpha value is -2.24. The van der Waals surface area contributed by atoms with Crippen LogP contribution in [0.3, 0.4) is 0 Å². The van der Waals surface area contributed by atoms with Crippen LogP contribution in [0.15, 0.2) is 24.4 Å². The predicted molar refractivity (Wildman–Crippen MR) is 113 cm³/mol. The van der Waals surface area contributed by atoms with Gasteiger partial charge in [0.05, 0.1) is 27.9 Å². The molecular formula is C22H24ClFN4. The molecule has 1 aliphatic rings. The van der Waals surface area contributed by atoms with E-state index in [4.69, 9.17) is 11.6 Å². The van der Waals surface area contributed by atoms with Gasteiger partial charge in [0.25, 0.3) is 0 Å². The molecule has 1 fully saturated rings. The van der Waals surface area contributed by atoms with Gasteiger partial charge in [-0.2, -0.15) is 0 Å². The second kappa shape index (κ2) is 7.64. The van der Waals surface area contributed by atoms with Crippen LogP contribution in [0, 0.1) is 19.7 Å². The Kier molecular flexibility index (Phi) is 5.21. The Morgan fingerprint density at radius 2 is 1.86 bits per heavy atom. The van der Waals surface area contributed by atoms with Crippen molar-refractivity contribution < 1.29 is 4.39 Å². The van der Waals surface area contributed by atoms with Crippen LogP contribution in [-0.4, -0.2) is 39.6 Å². The van der Waals surface area contributed by atoms with Gasteiger partial charge in [-0.25, -0.2) is 9.37 Å².